The van der Waals surface area contributed by atoms with Gasteiger partial charge < -0.3 is 14.2 Å². The van der Waals surface area contributed by atoms with Crippen molar-refractivity contribution >= 4 is 45.6 Å². The first kappa shape index (κ1) is 42.2. The van der Waals surface area contributed by atoms with Crippen LogP contribution in [0.5, 0.6) is 0 Å². The number of imide groups is 2. The van der Waals surface area contributed by atoms with Gasteiger partial charge in [0, 0.05) is 59.0 Å². The second-order valence-electron chi connectivity index (χ2n) is 17.5. The minimum Gasteiger partial charge on any atom is -0.383 e. The quantitative estimate of drug-likeness (QED) is 0.120. The lowest BCUT2D eigenvalue weighted by molar-refractivity contribution is -0.137. The third-order valence-corrected chi connectivity index (χ3v) is 13.5. The molecule has 4 amide bonds. The predicted octanol–water partition coefficient (Wildman–Crippen LogP) is 10.6. The van der Waals surface area contributed by atoms with Crippen molar-refractivity contribution in [2.24, 2.45) is 5.92 Å². The maximum Gasteiger partial charge on any atom is 0.334 e. The van der Waals surface area contributed by atoms with Crippen LogP contribution in [0.25, 0.3) is 27.8 Å². The van der Waals surface area contributed by atoms with Gasteiger partial charge in [-0.1, -0.05) is 119 Å². The van der Waals surface area contributed by atoms with Crippen LogP contribution < -0.4 is 5.35 Å². The lowest BCUT2D eigenvalue weighted by Crippen LogP contribution is -2.60. The van der Waals surface area contributed by atoms with Gasteiger partial charge in [-0.15, -0.1) is 0 Å². The number of benzene rings is 2. The zero-order valence-electron chi connectivity index (χ0n) is 37.1. The molecule has 3 fully saturated rings. The van der Waals surface area contributed by atoms with Crippen LogP contribution in [0.15, 0.2) is 130 Å². The molecule has 5 atom stereocenters. The van der Waals surface area contributed by atoms with Gasteiger partial charge in [0.25, 0.3) is 11.8 Å². The highest BCUT2D eigenvalue weighted by molar-refractivity contribution is 6.30. The molecule has 8 rings (SSSR count). The van der Waals surface area contributed by atoms with Gasteiger partial charge in [0.15, 0.2) is 0 Å². The maximum atomic E-state index is 14.9. The van der Waals surface area contributed by atoms with Crippen molar-refractivity contribution in [2.75, 3.05) is 20.3 Å². The molecule has 1 aromatic heterocycles. The first-order valence-corrected chi connectivity index (χ1v) is 22.8. The van der Waals surface area contributed by atoms with E-state index in [0.717, 1.165) is 48.6 Å². The summed E-state index contributed by atoms with van der Waals surface area (Å²) < 4.78 is 7.94. The van der Waals surface area contributed by atoms with Gasteiger partial charge in [-0.2, -0.15) is 0 Å². The number of barbiturate groups is 1. The highest BCUT2D eigenvalue weighted by atomic mass is 16.5. The molecule has 3 aliphatic carbocycles. The largest absolute Gasteiger partial charge is 0.383 e. The number of urea groups is 1. The van der Waals surface area contributed by atoms with Gasteiger partial charge in [0.2, 0.25) is 0 Å². The van der Waals surface area contributed by atoms with Crippen LogP contribution in [0, 0.1) is 5.92 Å². The van der Waals surface area contributed by atoms with E-state index in [2.05, 4.69) is 134 Å². The Labute approximate surface area is 361 Å². The Morgan fingerprint density at radius 2 is 1.51 bits per heavy atom. The number of unbranched alkanes of at least 4 members (excludes halogenated alkanes) is 1. The number of hydrogen-bond acceptors (Lipinski definition) is 5. The molecular weight excluding hydrogens is 757 g/mol. The molecule has 0 spiro atoms. The van der Waals surface area contributed by atoms with Crippen molar-refractivity contribution in [1.82, 2.24) is 19.3 Å². The Hall–Kier alpha value is -5.47. The molecule has 8 heteroatoms. The molecule has 3 aromatic rings. The van der Waals surface area contributed by atoms with Crippen molar-refractivity contribution in [3.63, 3.8) is 0 Å². The minimum atomic E-state index is -0.573. The monoisotopic (exact) mass is 818 g/mol. The van der Waals surface area contributed by atoms with Gasteiger partial charge in [-0.25, -0.2) is 4.79 Å². The zero-order valence-corrected chi connectivity index (χ0v) is 37.1. The van der Waals surface area contributed by atoms with Crippen LogP contribution in [0.4, 0.5) is 4.79 Å². The molecule has 318 valence electrons. The molecule has 5 unspecified atom stereocenters. The zero-order chi connectivity index (χ0) is 42.9. The van der Waals surface area contributed by atoms with Crippen molar-refractivity contribution in [1.29, 1.82) is 0 Å². The van der Waals surface area contributed by atoms with E-state index in [1.807, 2.05) is 13.8 Å². The molecule has 5 aliphatic rings. The van der Waals surface area contributed by atoms with E-state index in [1.54, 1.807) is 7.11 Å². The summed E-state index contributed by atoms with van der Waals surface area (Å²) in [6.07, 6.45) is 29.1. The summed E-state index contributed by atoms with van der Waals surface area (Å²) in [5.74, 6) is -0.807. The molecule has 2 saturated heterocycles. The van der Waals surface area contributed by atoms with E-state index in [9.17, 15) is 14.4 Å². The molecule has 8 nitrogen and oxygen atoms in total. The number of rotatable bonds is 14. The first-order valence-electron chi connectivity index (χ1n) is 22.8. The molecule has 2 aliphatic heterocycles. The number of carbonyl (C=O) groups excluding carboxylic acids is 3. The number of amides is 4. The molecule has 61 heavy (non-hydrogen) atoms. The molecule has 0 N–H and O–H groups in total. The van der Waals surface area contributed by atoms with Gasteiger partial charge in [-0.3, -0.25) is 19.4 Å². The Balaban J connectivity index is 1.36. The van der Waals surface area contributed by atoms with E-state index in [1.165, 1.54) is 48.3 Å². The van der Waals surface area contributed by atoms with Gasteiger partial charge in [0.1, 0.15) is 5.57 Å². The fraction of sp³-hybridized carbons (Fsp3) is 0.415. The maximum absolute atomic E-state index is 14.9. The molecule has 0 bridgehead atoms. The fourth-order valence-corrected chi connectivity index (χ4v) is 10.7. The Bertz CT molecular complexity index is 2550. The molecule has 1 saturated carbocycles. The average molecular weight is 819 g/mol. The highest BCUT2D eigenvalue weighted by Gasteiger charge is 2.47. The van der Waals surface area contributed by atoms with Crippen LogP contribution in [0.3, 0.4) is 0 Å². The van der Waals surface area contributed by atoms with Crippen molar-refractivity contribution in [3.8, 4) is 0 Å². The van der Waals surface area contributed by atoms with Crippen molar-refractivity contribution in [2.45, 2.75) is 117 Å². The molecular formula is C53H62N4O4. The van der Waals surface area contributed by atoms with E-state index < -0.39 is 23.9 Å². The third-order valence-electron chi connectivity index (χ3n) is 13.5. The van der Waals surface area contributed by atoms with E-state index in [-0.39, 0.29) is 36.7 Å². The second kappa shape index (κ2) is 17.9. The van der Waals surface area contributed by atoms with Gasteiger partial charge in [-0.05, 0) is 104 Å². The van der Waals surface area contributed by atoms with Crippen LogP contribution >= 0.6 is 0 Å². The lowest BCUT2D eigenvalue weighted by atomic mass is 9.81. The average Bonchev–Trinajstić information content (AvgIpc) is 3.91. The van der Waals surface area contributed by atoms with Crippen LogP contribution in [0.1, 0.15) is 99.0 Å². The molecule has 0 radical (unpaired) electrons. The summed E-state index contributed by atoms with van der Waals surface area (Å²) in [7, 11) is 1.57. The Morgan fingerprint density at radius 1 is 0.787 bits per heavy atom. The van der Waals surface area contributed by atoms with E-state index in [0.29, 0.717) is 30.9 Å². The summed E-state index contributed by atoms with van der Waals surface area (Å²) >= 11 is 0. The van der Waals surface area contributed by atoms with Gasteiger partial charge >= 0.3 is 6.03 Å². The molecule has 2 aromatic carbocycles. The summed E-state index contributed by atoms with van der Waals surface area (Å²) in [6, 6.07) is 12.7. The summed E-state index contributed by atoms with van der Waals surface area (Å²) in [6.45, 7) is 13.3. The van der Waals surface area contributed by atoms with Crippen molar-refractivity contribution < 1.29 is 19.1 Å². The summed E-state index contributed by atoms with van der Waals surface area (Å²) in [5, 5.41) is 4.75. The standard InChI is InChI=1S/C53H62N4O4/c1-8-11-32-54-51(58)50(52(59)57(53(54)60)36(6)33-61-7)47-39(28-30-43-41-22-12-18-37-20-14-24-45(48(37)41)55(43)34(4)16-9-2)26-27-40(47)29-31-44-42-23-13-19-38-21-15-25-46(49(38)42)56(44)35(5)17-10-3/h12-15,18-25,28-31,34-36,45,48H,8-11,16-17,26-27,32-33H2,1-7H3. The lowest BCUT2D eigenvalue weighted by Gasteiger charge is -2.37. The van der Waals surface area contributed by atoms with E-state index in [4.69, 9.17) is 4.74 Å². The fourth-order valence-electron chi connectivity index (χ4n) is 10.7. The summed E-state index contributed by atoms with van der Waals surface area (Å²) in [4.78, 5) is 48.9. The number of nitrogens with zero attached hydrogens (tertiary/aromatic N) is 4. The number of allylic oxidation sites excluding steroid dienone is 12. The number of hydrogen-bond donors (Lipinski definition) is 0. The first-order chi connectivity index (χ1) is 29.6. The third kappa shape index (κ3) is 7.41. The number of likely N-dealkylation sites (tertiary alicyclic amines) is 1. The Morgan fingerprint density at radius 3 is 2.23 bits per heavy atom. The topological polar surface area (TPSA) is 75.1 Å². The minimum absolute atomic E-state index is 0.0720. The van der Waals surface area contributed by atoms with Crippen molar-refractivity contribution in [3.05, 3.63) is 136 Å². The highest BCUT2D eigenvalue weighted by Crippen LogP contribution is 2.48. The summed E-state index contributed by atoms with van der Waals surface area (Å²) in [5.41, 5.74) is 7.59. The van der Waals surface area contributed by atoms with Gasteiger partial charge in [0.05, 0.1) is 18.7 Å². The normalized spacial score (nSPS) is 25.3. The number of aromatic nitrogens is 1. The number of carbonyl (C=O) groups is 3. The predicted molar refractivity (Wildman–Crippen MR) is 247 cm³/mol. The number of ether oxygens (including phenoxy) is 1. The van der Waals surface area contributed by atoms with Crippen LogP contribution in [-0.4, -0.2) is 75.5 Å². The Kier molecular flexibility index (Phi) is 12.4. The SMILES string of the molecule is CCCCN1C(=O)C(=C2C(=CC=C3C4=CC=CC5=CC=CC(C54)N3C(C)CCC)CCC2=CC=c2c3cccc4cccc(c43)n2C(C)CCC)C(=O)N(C(C)COC)C1=O. The molecule has 3 heterocycles. The van der Waals surface area contributed by atoms with E-state index >= 15 is 0 Å². The smallest absolute Gasteiger partial charge is 0.334 e. The number of methoxy groups -OCH3 is 1. The van der Waals surface area contributed by atoms with Crippen LogP contribution in [0.2, 0.25) is 0 Å². The van der Waals surface area contributed by atoms with Crippen LogP contribution in [-0.2, 0) is 14.3 Å². The second-order valence-corrected chi connectivity index (χ2v) is 17.5.